The normalized spacial score (nSPS) is 12.6. The van der Waals surface area contributed by atoms with Crippen molar-refractivity contribution in [2.24, 2.45) is 5.92 Å². The van der Waals surface area contributed by atoms with Gasteiger partial charge >= 0.3 is 0 Å². The number of rotatable bonds is 5. The minimum atomic E-state index is -0.137. The van der Waals surface area contributed by atoms with Gasteiger partial charge in [0.05, 0.1) is 0 Å². The van der Waals surface area contributed by atoms with E-state index >= 15 is 0 Å². The summed E-state index contributed by atoms with van der Waals surface area (Å²) in [5.74, 6) is 0.562. The predicted octanol–water partition coefficient (Wildman–Crippen LogP) is 1.96. The lowest BCUT2D eigenvalue weighted by Crippen LogP contribution is -2.35. The summed E-state index contributed by atoms with van der Waals surface area (Å²) in [6, 6.07) is 0.117. The Morgan fingerprint density at radius 1 is 1.50 bits per heavy atom. The van der Waals surface area contributed by atoms with E-state index < -0.39 is 0 Å². The van der Waals surface area contributed by atoms with E-state index in [-0.39, 0.29) is 11.9 Å². The largest absolute Gasteiger partial charge is 0.382 e. The van der Waals surface area contributed by atoms with Crippen LogP contribution in [0.15, 0.2) is 0 Å². The molecule has 0 aromatic carbocycles. The molecular weight excluding hydrogens is 248 g/mol. The first-order valence-corrected chi connectivity index (χ1v) is 6.96. The van der Waals surface area contributed by atoms with Crippen molar-refractivity contribution in [2.45, 2.75) is 33.7 Å². The van der Waals surface area contributed by atoms with Gasteiger partial charge in [0, 0.05) is 19.6 Å². The van der Waals surface area contributed by atoms with Gasteiger partial charge in [-0.3, -0.25) is 4.79 Å². The molecule has 0 radical (unpaired) electrons. The van der Waals surface area contributed by atoms with Gasteiger partial charge in [0.2, 0.25) is 0 Å². The van der Waals surface area contributed by atoms with Gasteiger partial charge in [-0.1, -0.05) is 25.2 Å². The number of hydrogen-bond donors (Lipinski definition) is 2. The lowest BCUT2D eigenvalue weighted by molar-refractivity contribution is 0.0935. The summed E-state index contributed by atoms with van der Waals surface area (Å²) >= 11 is 1.33. The summed E-state index contributed by atoms with van der Waals surface area (Å²) in [6.07, 6.45) is 0. The van der Waals surface area contributed by atoms with Crippen LogP contribution in [-0.2, 0) is 0 Å². The van der Waals surface area contributed by atoms with Crippen molar-refractivity contribution in [1.29, 1.82) is 0 Å². The first kappa shape index (κ1) is 14.8. The Morgan fingerprint density at radius 2 is 2.11 bits per heavy atom. The van der Waals surface area contributed by atoms with E-state index in [4.69, 9.17) is 5.73 Å². The molecule has 0 spiro atoms. The van der Waals surface area contributed by atoms with E-state index in [0.29, 0.717) is 16.6 Å². The second-order valence-electron chi connectivity index (χ2n) is 4.73. The molecular formula is C12H22N4OS. The first-order valence-electron chi connectivity index (χ1n) is 6.15. The highest BCUT2D eigenvalue weighted by Gasteiger charge is 2.19. The zero-order chi connectivity index (χ0) is 13.9. The Hall–Kier alpha value is -1.30. The highest BCUT2D eigenvalue weighted by atomic mass is 32.1. The van der Waals surface area contributed by atoms with Crippen molar-refractivity contribution in [3.05, 3.63) is 4.88 Å². The van der Waals surface area contributed by atoms with Crippen LogP contribution in [0.2, 0.25) is 0 Å². The predicted molar refractivity (Wildman–Crippen MR) is 77.2 cm³/mol. The van der Waals surface area contributed by atoms with E-state index in [0.717, 1.165) is 11.7 Å². The number of nitrogens with zero attached hydrogens (tertiary/aromatic N) is 2. The minimum absolute atomic E-state index is 0.117. The maximum Gasteiger partial charge on any atom is 0.265 e. The number of carbonyl (C=O) groups excluding carboxylic acids is 1. The van der Waals surface area contributed by atoms with Crippen LogP contribution in [0.3, 0.4) is 0 Å². The fraction of sp³-hybridized carbons (Fsp3) is 0.667. The fourth-order valence-corrected chi connectivity index (χ4v) is 2.13. The molecule has 0 saturated heterocycles. The van der Waals surface area contributed by atoms with E-state index in [1.165, 1.54) is 11.3 Å². The van der Waals surface area contributed by atoms with Gasteiger partial charge in [0.15, 0.2) is 5.13 Å². The third-order valence-corrected chi connectivity index (χ3v) is 4.19. The van der Waals surface area contributed by atoms with Gasteiger partial charge in [0.1, 0.15) is 10.7 Å². The molecule has 1 unspecified atom stereocenters. The van der Waals surface area contributed by atoms with Crippen molar-refractivity contribution in [3.8, 4) is 0 Å². The Bertz CT molecular complexity index is 416. The molecule has 1 rings (SSSR count). The number of carbonyl (C=O) groups is 1. The van der Waals surface area contributed by atoms with Crippen LogP contribution >= 0.6 is 11.3 Å². The van der Waals surface area contributed by atoms with Gasteiger partial charge in [0.25, 0.3) is 5.91 Å². The van der Waals surface area contributed by atoms with E-state index in [9.17, 15) is 4.79 Å². The van der Waals surface area contributed by atoms with Crippen molar-refractivity contribution >= 4 is 28.2 Å². The molecule has 0 aliphatic carbocycles. The summed E-state index contributed by atoms with van der Waals surface area (Å²) in [6.45, 7) is 8.97. The molecule has 1 atom stereocenters. The topological polar surface area (TPSA) is 71.2 Å². The summed E-state index contributed by atoms with van der Waals surface area (Å²) in [5.41, 5.74) is 5.80. The van der Waals surface area contributed by atoms with Gasteiger partial charge in [-0.25, -0.2) is 4.98 Å². The Balaban J connectivity index is 2.83. The van der Waals surface area contributed by atoms with Crippen molar-refractivity contribution in [2.75, 3.05) is 24.2 Å². The molecule has 1 aromatic rings. The van der Waals surface area contributed by atoms with Crippen LogP contribution in [0.4, 0.5) is 10.9 Å². The van der Waals surface area contributed by atoms with Gasteiger partial charge < -0.3 is 16.0 Å². The number of thiazole rings is 1. The average molecular weight is 270 g/mol. The fourth-order valence-electron chi connectivity index (χ4n) is 1.22. The van der Waals surface area contributed by atoms with Crippen LogP contribution in [0, 0.1) is 5.92 Å². The maximum absolute atomic E-state index is 12.1. The number of aromatic nitrogens is 1. The van der Waals surface area contributed by atoms with Crippen molar-refractivity contribution in [1.82, 2.24) is 10.3 Å². The average Bonchev–Trinajstić information content (AvgIpc) is 2.70. The third kappa shape index (κ3) is 3.35. The number of nitrogens with two attached hydrogens (primary N) is 1. The zero-order valence-corrected chi connectivity index (χ0v) is 12.5. The van der Waals surface area contributed by atoms with Crippen LogP contribution in [0.1, 0.15) is 37.4 Å². The molecule has 0 aliphatic heterocycles. The molecule has 102 valence electrons. The lowest BCUT2D eigenvalue weighted by Gasteiger charge is -2.16. The Kier molecular flexibility index (Phi) is 4.95. The van der Waals surface area contributed by atoms with E-state index in [2.05, 4.69) is 24.1 Å². The Labute approximate surface area is 112 Å². The smallest absolute Gasteiger partial charge is 0.265 e. The quantitative estimate of drug-likeness (QED) is 0.858. The number of nitrogens with one attached hydrogen (secondary N) is 1. The van der Waals surface area contributed by atoms with Gasteiger partial charge in [-0.05, 0) is 19.8 Å². The van der Waals surface area contributed by atoms with E-state index in [1.54, 1.807) is 0 Å². The Morgan fingerprint density at radius 3 is 2.61 bits per heavy atom. The monoisotopic (exact) mass is 270 g/mol. The van der Waals surface area contributed by atoms with Gasteiger partial charge in [-0.15, -0.1) is 0 Å². The molecule has 1 amide bonds. The standard InChI is InChI=1S/C12H22N4OS/c1-6-16(5)12-15-10(13)9(18-12)11(17)14-8(4)7(2)3/h7-8H,6,13H2,1-5H3,(H,14,17). The third-order valence-electron chi connectivity index (χ3n) is 3.01. The maximum atomic E-state index is 12.1. The van der Waals surface area contributed by atoms with Crippen LogP contribution in [0.5, 0.6) is 0 Å². The number of nitrogen functional groups attached to an aromatic ring is 1. The summed E-state index contributed by atoms with van der Waals surface area (Å²) in [7, 11) is 1.93. The molecule has 18 heavy (non-hydrogen) atoms. The number of anilines is 2. The first-order chi connectivity index (χ1) is 8.36. The molecule has 0 aliphatic rings. The molecule has 1 heterocycles. The van der Waals surface area contributed by atoms with Crippen LogP contribution in [0.25, 0.3) is 0 Å². The minimum Gasteiger partial charge on any atom is -0.382 e. The summed E-state index contributed by atoms with van der Waals surface area (Å²) in [5, 5.41) is 3.71. The molecule has 1 aromatic heterocycles. The SMILES string of the molecule is CCN(C)c1nc(N)c(C(=O)NC(C)C(C)C)s1. The number of hydrogen-bond acceptors (Lipinski definition) is 5. The van der Waals surface area contributed by atoms with Crippen LogP contribution in [-0.4, -0.2) is 30.5 Å². The highest BCUT2D eigenvalue weighted by molar-refractivity contribution is 7.18. The molecule has 5 nitrogen and oxygen atoms in total. The van der Waals surface area contributed by atoms with Crippen LogP contribution < -0.4 is 16.0 Å². The van der Waals surface area contributed by atoms with Crippen molar-refractivity contribution in [3.63, 3.8) is 0 Å². The highest BCUT2D eigenvalue weighted by Crippen LogP contribution is 2.27. The lowest BCUT2D eigenvalue weighted by atomic mass is 10.1. The van der Waals surface area contributed by atoms with E-state index in [1.807, 2.05) is 25.8 Å². The number of amides is 1. The molecule has 0 fully saturated rings. The molecule has 3 N–H and O–H groups in total. The summed E-state index contributed by atoms with van der Waals surface area (Å²) in [4.78, 5) is 18.7. The second-order valence-corrected chi connectivity index (χ2v) is 5.71. The second kappa shape index (κ2) is 6.04. The summed E-state index contributed by atoms with van der Waals surface area (Å²) < 4.78 is 0. The van der Waals surface area contributed by atoms with Crippen molar-refractivity contribution < 1.29 is 4.79 Å². The molecule has 0 bridgehead atoms. The molecule has 6 heteroatoms. The zero-order valence-electron chi connectivity index (χ0n) is 11.7. The van der Waals surface area contributed by atoms with Gasteiger partial charge in [-0.2, -0.15) is 0 Å². The molecule has 0 saturated carbocycles.